The van der Waals surface area contributed by atoms with E-state index in [0.29, 0.717) is 6.42 Å². The van der Waals surface area contributed by atoms with Gasteiger partial charge in [-0.1, -0.05) is 64.4 Å². The lowest BCUT2D eigenvalue weighted by molar-refractivity contribution is -0.162. The molecule has 0 aliphatic carbocycles. The van der Waals surface area contributed by atoms with Gasteiger partial charge in [-0.25, -0.2) is 0 Å². The summed E-state index contributed by atoms with van der Waals surface area (Å²) < 4.78 is 37.1. The minimum absolute atomic E-state index is 0.196. The molecule has 1 atom stereocenters. The van der Waals surface area contributed by atoms with Gasteiger partial charge in [0.2, 0.25) is 0 Å². The number of hydrogen-bond acceptors (Lipinski definition) is 0. The predicted octanol–water partition coefficient (Wildman–Crippen LogP) is 5.88. The maximum absolute atomic E-state index is 12.4. The van der Waals surface area contributed by atoms with Crippen LogP contribution in [0.4, 0.5) is 13.2 Å². The molecule has 0 aromatic rings. The second-order valence-corrected chi connectivity index (χ2v) is 4.65. The highest BCUT2D eigenvalue weighted by atomic mass is 19.4. The molecule has 0 heterocycles. The van der Waals surface area contributed by atoms with E-state index < -0.39 is 12.1 Å². The fraction of sp³-hybridized carbons (Fsp3) is 0.857. The quantitative estimate of drug-likeness (QED) is 0.335. The van der Waals surface area contributed by atoms with Crippen molar-refractivity contribution in [2.75, 3.05) is 0 Å². The van der Waals surface area contributed by atoms with Crippen molar-refractivity contribution in [3.05, 3.63) is 12.7 Å². The minimum Gasteiger partial charge on any atom is -0.170 e. The molecule has 0 saturated heterocycles. The van der Waals surface area contributed by atoms with Crippen LogP contribution >= 0.6 is 0 Å². The molecule has 0 aliphatic heterocycles. The van der Waals surface area contributed by atoms with E-state index >= 15 is 0 Å². The Kier molecular flexibility index (Phi) is 9.28. The van der Waals surface area contributed by atoms with Crippen LogP contribution < -0.4 is 0 Å². The van der Waals surface area contributed by atoms with Crippen LogP contribution in [0.3, 0.4) is 0 Å². The molecule has 0 amide bonds. The van der Waals surface area contributed by atoms with Crippen LogP contribution in [0.25, 0.3) is 0 Å². The van der Waals surface area contributed by atoms with E-state index in [2.05, 4.69) is 13.5 Å². The summed E-state index contributed by atoms with van der Waals surface area (Å²) in [4.78, 5) is 0. The maximum atomic E-state index is 12.4. The number of alkyl halides is 3. The van der Waals surface area contributed by atoms with Gasteiger partial charge in [-0.2, -0.15) is 13.2 Å². The van der Waals surface area contributed by atoms with Gasteiger partial charge in [0.05, 0.1) is 5.92 Å². The molecule has 0 aliphatic rings. The average molecular weight is 250 g/mol. The summed E-state index contributed by atoms with van der Waals surface area (Å²) in [5, 5.41) is 0. The zero-order chi connectivity index (χ0) is 13.1. The standard InChI is InChI=1S/C14H25F3/c1-3-5-6-7-8-9-10-11-12-13(4-2)14(15,16)17/h4,13H,2-3,5-12H2,1H3. The Bertz CT molecular complexity index is 184. The van der Waals surface area contributed by atoms with E-state index in [1.165, 1.54) is 25.7 Å². The van der Waals surface area contributed by atoms with Crippen molar-refractivity contribution in [3.63, 3.8) is 0 Å². The Morgan fingerprint density at radius 3 is 1.82 bits per heavy atom. The highest BCUT2D eigenvalue weighted by Gasteiger charge is 2.36. The third-order valence-corrected chi connectivity index (χ3v) is 3.07. The van der Waals surface area contributed by atoms with Crippen molar-refractivity contribution in [1.29, 1.82) is 0 Å². The average Bonchev–Trinajstić information content (AvgIpc) is 2.25. The molecule has 0 rings (SSSR count). The maximum Gasteiger partial charge on any atom is 0.395 e. The van der Waals surface area contributed by atoms with E-state index in [9.17, 15) is 13.2 Å². The monoisotopic (exact) mass is 250 g/mol. The number of rotatable bonds is 10. The van der Waals surface area contributed by atoms with Gasteiger partial charge < -0.3 is 0 Å². The summed E-state index contributed by atoms with van der Waals surface area (Å²) in [5.74, 6) is -1.32. The highest BCUT2D eigenvalue weighted by Crippen LogP contribution is 2.31. The van der Waals surface area contributed by atoms with E-state index in [1.54, 1.807) is 0 Å². The first kappa shape index (κ1) is 16.5. The van der Waals surface area contributed by atoms with E-state index in [-0.39, 0.29) is 6.42 Å². The fourth-order valence-electron chi connectivity index (χ4n) is 1.91. The lowest BCUT2D eigenvalue weighted by Gasteiger charge is -2.15. The highest BCUT2D eigenvalue weighted by molar-refractivity contribution is 4.84. The zero-order valence-corrected chi connectivity index (χ0v) is 10.9. The van der Waals surface area contributed by atoms with Crippen molar-refractivity contribution in [2.24, 2.45) is 5.92 Å². The summed E-state index contributed by atoms with van der Waals surface area (Å²) in [5.41, 5.74) is 0. The Balaban J connectivity index is 3.41. The molecular formula is C14H25F3. The summed E-state index contributed by atoms with van der Waals surface area (Å²) in [6.07, 6.45) is 5.88. The molecule has 3 heteroatoms. The summed E-state index contributed by atoms with van der Waals surface area (Å²) in [6.45, 7) is 5.43. The number of halogens is 3. The summed E-state index contributed by atoms with van der Waals surface area (Å²) >= 11 is 0. The molecule has 0 aromatic heterocycles. The van der Waals surface area contributed by atoms with Crippen LogP contribution in [-0.2, 0) is 0 Å². The van der Waals surface area contributed by atoms with Crippen molar-refractivity contribution in [3.8, 4) is 0 Å². The van der Waals surface area contributed by atoms with Crippen molar-refractivity contribution < 1.29 is 13.2 Å². The number of unbranched alkanes of at least 4 members (excludes halogenated alkanes) is 7. The van der Waals surface area contributed by atoms with Crippen LogP contribution in [0, 0.1) is 5.92 Å². The zero-order valence-electron chi connectivity index (χ0n) is 10.9. The van der Waals surface area contributed by atoms with Crippen LogP contribution in [0.5, 0.6) is 0 Å². The third kappa shape index (κ3) is 9.25. The van der Waals surface area contributed by atoms with Gasteiger partial charge in [0, 0.05) is 0 Å². The van der Waals surface area contributed by atoms with Gasteiger partial charge in [-0.05, 0) is 6.42 Å². The van der Waals surface area contributed by atoms with E-state index in [0.717, 1.165) is 25.3 Å². The Morgan fingerprint density at radius 1 is 0.941 bits per heavy atom. The van der Waals surface area contributed by atoms with Crippen LogP contribution in [-0.4, -0.2) is 6.18 Å². The first-order valence-electron chi connectivity index (χ1n) is 6.71. The van der Waals surface area contributed by atoms with Crippen molar-refractivity contribution >= 4 is 0 Å². The Hall–Kier alpha value is -0.470. The van der Waals surface area contributed by atoms with Crippen molar-refractivity contribution in [1.82, 2.24) is 0 Å². The number of hydrogen-bond donors (Lipinski definition) is 0. The van der Waals surface area contributed by atoms with Crippen LogP contribution in [0.15, 0.2) is 12.7 Å². The minimum atomic E-state index is -4.11. The first-order chi connectivity index (χ1) is 8.02. The predicted molar refractivity (Wildman–Crippen MR) is 67.0 cm³/mol. The second-order valence-electron chi connectivity index (χ2n) is 4.65. The van der Waals surface area contributed by atoms with Gasteiger partial charge in [0.1, 0.15) is 0 Å². The molecule has 17 heavy (non-hydrogen) atoms. The molecule has 0 N–H and O–H groups in total. The van der Waals surface area contributed by atoms with Gasteiger partial charge in [-0.3, -0.25) is 0 Å². The van der Waals surface area contributed by atoms with E-state index in [4.69, 9.17) is 0 Å². The largest absolute Gasteiger partial charge is 0.395 e. The van der Waals surface area contributed by atoms with Crippen LogP contribution in [0.1, 0.15) is 64.7 Å². The lowest BCUT2D eigenvalue weighted by atomic mass is 9.99. The number of allylic oxidation sites excluding steroid dienone is 1. The van der Waals surface area contributed by atoms with Gasteiger partial charge in [0.25, 0.3) is 0 Å². The lowest BCUT2D eigenvalue weighted by Crippen LogP contribution is -2.20. The van der Waals surface area contributed by atoms with Gasteiger partial charge >= 0.3 is 6.18 Å². The topological polar surface area (TPSA) is 0 Å². The third-order valence-electron chi connectivity index (χ3n) is 3.07. The van der Waals surface area contributed by atoms with Gasteiger partial charge in [-0.15, -0.1) is 6.58 Å². The fourth-order valence-corrected chi connectivity index (χ4v) is 1.91. The second kappa shape index (κ2) is 9.55. The van der Waals surface area contributed by atoms with Crippen molar-refractivity contribution in [2.45, 2.75) is 70.9 Å². The molecule has 0 spiro atoms. The summed E-state index contributed by atoms with van der Waals surface area (Å²) in [7, 11) is 0. The van der Waals surface area contributed by atoms with Crippen LogP contribution in [0.2, 0.25) is 0 Å². The molecule has 0 nitrogen and oxygen atoms in total. The SMILES string of the molecule is C=CC(CCCCCCCCCC)C(F)(F)F. The molecule has 1 unspecified atom stereocenters. The molecule has 102 valence electrons. The normalized spacial score (nSPS) is 13.6. The molecule has 0 fully saturated rings. The van der Waals surface area contributed by atoms with Gasteiger partial charge in [0.15, 0.2) is 0 Å². The first-order valence-corrected chi connectivity index (χ1v) is 6.71. The molecule has 0 aromatic carbocycles. The smallest absolute Gasteiger partial charge is 0.170 e. The van der Waals surface area contributed by atoms with E-state index in [1.807, 2.05) is 0 Å². The molecule has 0 radical (unpaired) electrons. The summed E-state index contributed by atoms with van der Waals surface area (Å²) in [6, 6.07) is 0. The molecule has 0 saturated carbocycles. The Labute approximate surface area is 103 Å². The molecule has 0 bridgehead atoms. The molecular weight excluding hydrogens is 225 g/mol. The Morgan fingerprint density at radius 2 is 1.41 bits per heavy atom.